The molecule has 0 unspecified atom stereocenters. The quantitative estimate of drug-likeness (QED) is 0.656. The van der Waals surface area contributed by atoms with Crippen LogP contribution < -0.4 is 4.90 Å². The minimum absolute atomic E-state index is 0.00960. The van der Waals surface area contributed by atoms with Gasteiger partial charge in [0.15, 0.2) is 0 Å². The van der Waals surface area contributed by atoms with Crippen LogP contribution in [0.4, 0.5) is 10.5 Å². The fourth-order valence-electron chi connectivity index (χ4n) is 3.48. The standard InChI is InChI=1S/C23H29N3O4/c1-29-17-16-24-12-14-25(15-13-24)23(28)26(21-6-4-3-5-7-21)18-19-8-10-20(11-9-19)22(27)30-2/h3-11H,12-18H2,1-2H3. The van der Waals surface area contributed by atoms with E-state index in [1.807, 2.05) is 47.4 Å². The van der Waals surface area contributed by atoms with E-state index in [0.29, 0.717) is 31.8 Å². The fraction of sp³-hybridized carbons (Fsp3) is 0.391. The molecule has 0 saturated carbocycles. The van der Waals surface area contributed by atoms with Crippen LogP contribution in [0, 0.1) is 0 Å². The molecule has 0 N–H and O–H groups in total. The van der Waals surface area contributed by atoms with Crippen LogP contribution in [0.2, 0.25) is 0 Å². The number of carbonyl (C=O) groups excluding carboxylic acids is 2. The Morgan fingerprint density at radius 3 is 2.20 bits per heavy atom. The molecule has 2 aromatic carbocycles. The van der Waals surface area contributed by atoms with E-state index in [1.165, 1.54) is 7.11 Å². The minimum Gasteiger partial charge on any atom is -0.465 e. The van der Waals surface area contributed by atoms with Gasteiger partial charge in [-0.15, -0.1) is 0 Å². The zero-order valence-electron chi connectivity index (χ0n) is 17.6. The molecule has 2 amide bonds. The number of ether oxygens (including phenoxy) is 2. The third kappa shape index (κ3) is 5.58. The molecule has 0 bridgehead atoms. The van der Waals surface area contributed by atoms with Crippen LogP contribution in [0.3, 0.4) is 0 Å². The number of piperazine rings is 1. The zero-order valence-corrected chi connectivity index (χ0v) is 17.6. The Morgan fingerprint density at radius 2 is 1.60 bits per heavy atom. The first kappa shape index (κ1) is 21.8. The van der Waals surface area contributed by atoms with Crippen molar-refractivity contribution in [3.05, 3.63) is 65.7 Å². The van der Waals surface area contributed by atoms with Gasteiger partial charge in [-0.25, -0.2) is 9.59 Å². The average Bonchev–Trinajstić information content (AvgIpc) is 2.81. The molecule has 0 spiro atoms. The van der Waals surface area contributed by atoms with E-state index in [2.05, 4.69) is 4.90 Å². The molecule has 7 heteroatoms. The molecule has 7 nitrogen and oxygen atoms in total. The summed E-state index contributed by atoms with van der Waals surface area (Å²) < 4.78 is 9.91. The summed E-state index contributed by atoms with van der Waals surface area (Å²) in [5.41, 5.74) is 2.28. The van der Waals surface area contributed by atoms with Crippen molar-refractivity contribution in [2.75, 3.05) is 58.5 Å². The Kier molecular flexibility index (Phi) is 7.82. The van der Waals surface area contributed by atoms with Gasteiger partial charge in [-0.2, -0.15) is 0 Å². The number of nitrogens with zero attached hydrogens (tertiary/aromatic N) is 3. The molecule has 1 fully saturated rings. The lowest BCUT2D eigenvalue weighted by atomic mass is 10.1. The topological polar surface area (TPSA) is 62.3 Å². The van der Waals surface area contributed by atoms with E-state index >= 15 is 0 Å². The SMILES string of the molecule is COCCN1CCN(C(=O)N(Cc2ccc(C(=O)OC)cc2)c2ccccc2)CC1. The van der Waals surface area contributed by atoms with Crippen molar-refractivity contribution in [2.24, 2.45) is 0 Å². The van der Waals surface area contributed by atoms with Gasteiger partial charge in [-0.3, -0.25) is 9.80 Å². The average molecular weight is 412 g/mol. The van der Waals surface area contributed by atoms with Gasteiger partial charge in [-0.1, -0.05) is 30.3 Å². The van der Waals surface area contributed by atoms with Crippen molar-refractivity contribution in [3.8, 4) is 0 Å². The van der Waals surface area contributed by atoms with Crippen molar-refractivity contribution >= 4 is 17.7 Å². The number of rotatable bonds is 7. The Labute approximate surface area is 177 Å². The highest BCUT2D eigenvalue weighted by atomic mass is 16.5. The molecule has 2 aromatic rings. The molecule has 0 aromatic heterocycles. The van der Waals surface area contributed by atoms with E-state index in [1.54, 1.807) is 24.1 Å². The molecule has 0 aliphatic carbocycles. The van der Waals surface area contributed by atoms with Gasteiger partial charge in [0.25, 0.3) is 0 Å². The van der Waals surface area contributed by atoms with Gasteiger partial charge in [0.2, 0.25) is 0 Å². The second kappa shape index (κ2) is 10.8. The molecular weight excluding hydrogens is 382 g/mol. The molecule has 160 valence electrons. The lowest BCUT2D eigenvalue weighted by molar-refractivity contribution is 0.0600. The number of methoxy groups -OCH3 is 2. The third-order valence-electron chi connectivity index (χ3n) is 5.27. The maximum atomic E-state index is 13.4. The van der Waals surface area contributed by atoms with E-state index in [0.717, 1.165) is 30.9 Å². The number of benzene rings is 2. The minimum atomic E-state index is -0.371. The van der Waals surface area contributed by atoms with Gasteiger partial charge >= 0.3 is 12.0 Å². The molecule has 3 rings (SSSR count). The summed E-state index contributed by atoms with van der Waals surface area (Å²) in [5.74, 6) is -0.371. The van der Waals surface area contributed by atoms with E-state index < -0.39 is 0 Å². The Morgan fingerprint density at radius 1 is 0.933 bits per heavy atom. The van der Waals surface area contributed by atoms with E-state index in [-0.39, 0.29) is 12.0 Å². The second-order valence-electron chi connectivity index (χ2n) is 7.21. The summed E-state index contributed by atoms with van der Waals surface area (Å²) in [6.07, 6.45) is 0. The number of anilines is 1. The number of esters is 1. The van der Waals surface area contributed by atoms with Crippen LogP contribution in [0.1, 0.15) is 15.9 Å². The number of hydrogen-bond donors (Lipinski definition) is 0. The number of amides is 2. The predicted octanol–water partition coefficient (Wildman–Crippen LogP) is 2.86. The Hall–Kier alpha value is -2.90. The highest BCUT2D eigenvalue weighted by Gasteiger charge is 2.26. The molecule has 0 radical (unpaired) electrons. The van der Waals surface area contributed by atoms with Crippen LogP contribution in [0.15, 0.2) is 54.6 Å². The highest BCUT2D eigenvalue weighted by Crippen LogP contribution is 2.20. The normalized spacial score (nSPS) is 14.4. The highest BCUT2D eigenvalue weighted by molar-refractivity contribution is 5.92. The maximum absolute atomic E-state index is 13.4. The van der Waals surface area contributed by atoms with Crippen molar-refractivity contribution in [1.29, 1.82) is 0 Å². The Balaban J connectivity index is 1.72. The molecule has 30 heavy (non-hydrogen) atoms. The first-order valence-electron chi connectivity index (χ1n) is 10.1. The molecule has 1 aliphatic heterocycles. The molecule has 1 heterocycles. The lowest BCUT2D eigenvalue weighted by Crippen LogP contribution is -2.53. The fourth-order valence-corrected chi connectivity index (χ4v) is 3.48. The van der Waals surface area contributed by atoms with Crippen LogP contribution >= 0.6 is 0 Å². The predicted molar refractivity (Wildman–Crippen MR) is 116 cm³/mol. The van der Waals surface area contributed by atoms with Gasteiger partial charge in [-0.05, 0) is 29.8 Å². The molecular formula is C23H29N3O4. The second-order valence-corrected chi connectivity index (χ2v) is 7.21. The van der Waals surface area contributed by atoms with Gasteiger partial charge in [0, 0.05) is 45.5 Å². The first-order valence-corrected chi connectivity index (χ1v) is 10.1. The van der Waals surface area contributed by atoms with Crippen molar-refractivity contribution in [3.63, 3.8) is 0 Å². The first-order chi connectivity index (χ1) is 14.6. The zero-order chi connectivity index (χ0) is 21.3. The summed E-state index contributed by atoms with van der Waals surface area (Å²) >= 11 is 0. The summed E-state index contributed by atoms with van der Waals surface area (Å²) in [6, 6.07) is 16.8. The van der Waals surface area contributed by atoms with Crippen LogP contribution in [-0.2, 0) is 16.0 Å². The largest absolute Gasteiger partial charge is 0.465 e. The number of para-hydroxylation sites is 1. The van der Waals surface area contributed by atoms with E-state index in [4.69, 9.17) is 9.47 Å². The molecule has 1 saturated heterocycles. The summed E-state index contributed by atoms with van der Waals surface area (Å²) in [7, 11) is 3.07. The van der Waals surface area contributed by atoms with Crippen LogP contribution in [-0.4, -0.2) is 75.4 Å². The molecule has 1 aliphatic rings. The molecule has 0 atom stereocenters. The monoisotopic (exact) mass is 411 g/mol. The smallest absolute Gasteiger partial charge is 0.337 e. The van der Waals surface area contributed by atoms with Crippen molar-refractivity contribution in [2.45, 2.75) is 6.54 Å². The summed E-state index contributed by atoms with van der Waals surface area (Å²) in [4.78, 5) is 31.1. The van der Waals surface area contributed by atoms with Crippen molar-refractivity contribution < 1.29 is 19.1 Å². The number of carbonyl (C=O) groups is 2. The maximum Gasteiger partial charge on any atom is 0.337 e. The summed E-state index contributed by atoms with van der Waals surface area (Å²) in [6.45, 7) is 5.06. The van der Waals surface area contributed by atoms with Gasteiger partial charge in [0.1, 0.15) is 0 Å². The summed E-state index contributed by atoms with van der Waals surface area (Å²) in [5, 5.41) is 0. The number of urea groups is 1. The van der Waals surface area contributed by atoms with Crippen LogP contribution in [0.25, 0.3) is 0 Å². The van der Waals surface area contributed by atoms with Crippen LogP contribution in [0.5, 0.6) is 0 Å². The Bertz CT molecular complexity index is 818. The van der Waals surface area contributed by atoms with Crippen molar-refractivity contribution in [1.82, 2.24) is 9.80 Å². The van der Waals surface area contributed by atoms with Gasteiger partial charge in [0.05, 0.1) is 25.8 Å². The third-order valence-corrected chi connectivity index (χ3v) is 5.27. The van der Waals surface area contributed by atoms with Gasteiger partial charge < -0.3 is 14.4 Å². The lowest BCUT2D eigenvalue weighted by Gasteiger charge is -2.37. The van der Waals surface area contributed by atoms with E-state index in [9.17, 15) is 9.59 Å². The number of hydrogen-bond acceptors (Lipinski definition) is 5.